The third kappa shape index (κ3) is 0.706. The molecular formula is C5H3BrN4. The maximum absolute atomic E-state index is 3.97. The van der Waals surface area contributed by atoms with Gasteiger partial charge in [-0.3, -0.25) is 0 Å². The quantitative estimate of drug-likeness (QED) is 0.632. The summed E-state index contributed by atoms with van der Waals surface area (Å²) in [5.74, 6) is 0. The third-order valence-corrected chi connectivity index (χ3v) is 1.71. The van der Waals surface area contributed by atoms with Crippen molar-refractivity contribution in [1.29, 1.82) is 0 Å². The summed E-state index contributed by atoms with van der Waals surface area (Å²) >= 11 is 3.24. The second-order valence-corrected chi connectivity index (χ2v) is 2.50. The zero-order chi connectivity index (χ0) is 6.97. The molecule has 4 nitrogen and oxygen atoms in total. The molecule has 0 fully saturated rings. The molecule has 0 saturated heterocycles. The fraction of sp³-hybridized carbons (Fsp3) is 0. The van der Waals surface area contributed by atoms with Gasteiger partial charge in [0.05, 0.1) is 0 Å². The van der Waals surface area contributed by atoms with Crippen molar-refractivity contribution in [1.82, 2.24) is 19.6 Å². The van der Waals surface area contributed by atoms with Gasteiger partial charge in [0.15, 0.2) is 10.3 Å². The third-order valence-electron chi connectivity index (χ3n) is 1.15. The number of hydrogen-bond donors (Lipinski definition) is 0. The second kappa shape index (κ2) is 2.02. The van der Waals surface area contributed by atoms with Crippen molar-refractivity contribution in [2.24, 2.45) is 0 Å². The first-order valence-electron chi connectivity index (χ1n) is 2.68. The summed E-state index contributed by atoms with van der Waals surface area (Å²) in [5.41, 5.74) is 0.738. The Morgan fingerprint density at radius 2 is 2.30 bits per heavy atom. The van der Waals surface area contributed by atoms with E-state index >= 15 is 0 Å². The first-order valence-corrected chi connectivity index (χ1v) is 3.47. The fourth-order valence-corrected chi connectivity index (χ4v) is 1.13. The molecule has 0 aromatic carbocycles. The highest BCUT2D eigenvalue weighted by molar-refractivity contribution is 9.10. The summed E-state index contributed by atoms with van der Waals surface area (Å²) in [6.45, 7) is 0. The van der Waals surface area contributed by atoms with Crippen molar-refractivity contribution >= 4 is 21.6 Å². The van der Waals surface area contributed by atoms with Crippen LogP contribution in [0, 0.1) is 0 Å². The van der Waals surface area contributed by atoms with E-state index < -0.39 is 0 Å². The smallest absolute Gasteiger partial charge is 0.188 e. The van der Waals surface area contributed by atoms with Crippen LogP contribution in [0.15, 0.2) is 23.3 Å². The molecule has 2 heterocycles. The minimum absolute atomic E-state index is 0.715. The number of halogens is 1. The molecule has 0 saturated carbocycles. The molecular weight excluding hydrogens is 196 g/mol. The minimum Gasteiger partial charge on any atom is -0.244 e. The van der Waals surface area contributed by atoms with E-state index in [4.69, 9.17) is 0 Å². The predicted molar refractivity (Wildman–Crippen MR) is 38.5 cm³/mol. The molecule has 0 bridgehead atoms. The monoisotopic (exact) mass is 198 g/mol. The van der Waals surface area contributed by atoms with Crippen LogP contribution in [0.5, 0.6) is 0 Å². The van der Waals surface area contributed by atoms with Crippen LogP contribution in [-0.4, -0.2) is 19.6 Å². The SMILES string of the molecule is Brc1nccn2ncnc12. The Hall–Kier alpha value is -0.970. The van der Waals surface area contributed by atoms with Gasteiger partial charge in [0, 0.05) is 12.4 Å². The molecule has 0 radical (unpaired) electrons. The van der Waals surface area contributed by atoms with Gasteiger partial charge in [0.2, 0.25) is 0 Å². The Labute approximate surface area is 65.0 Å². The Balaban J connectivity index is 2.95. The molecule has 10 heavy (non-hydrogen) atoms. The lowest BCUT2D eigenvalue weighted by atomic mass is 10.7. The highest BCUT2D eigenvalue weighted by atomic mass is 79.9. The van der Waals surface area contributed by atoms with E-state index in [-0.39, 0.29) is 0 Å². The summed E-state index contributed by atoms with van der Waals surface area (Å²) in [5, 5.41) is 3.92. The van der Waals surface area contributed by atoms with Gasteiger partial charge >= 0.3 is 0 Å². The molecule has 0 aliphatic heterocycles. The van der Waals surface area contributed by atoms with E-state index in [1.807, 2.05) is 0 Å². The molecule has 50 valence electrons. The lowest BCUT2D eigenvalue weighted by Gasteiger charge is -1.89. The van der Waals surface area contributed by atoms with Crippen LogP contribution in [0.4, 0.5) is 0 Å². The van der Waals surface area contributed by atoms with Crippen LogP contribution in [0.25, 0.3) is 5.65 Å². The molecule has 0 N–H and O–H groups in total. The van der Waals surface area contributed by atoms with Crippen LogP contribution < -0.4 is 0 Å². The number of fused-ring (bicyclic) bond motifs is 1. The van der Waals surface area contributed by atoms with Crippen LogP contribution in [0.2, 0.25) is 0 Å². The van der Waals surface area contributed by atoms with Gasteiger partial charge in [0.25, 0.3) is 0 Å². The second-order valence-electron chi connectivity index (χ2n) is 1.75. The van der Waals surface area contributed by atoms with E-state index in [1.54, 1.807) is 16.9 Å². The highest BCUT2D eigenvalue weighted by Gasteiger charge is 1.98. The minimum atomic E-state index is 0.715. The lowest BCUT2D eigenvalue weighted by molar-refractivity contribution is 0.940. The predicted octanol–water partition coefficient (Wildman–Crippen LogP) is 0.887. The Bertz CT molecular complexity index is 355. The van der Waals surface area contributed by atoms with Crippen molar-refractivity contribution in [3.8, 4) is 0 Å². The summed E-state index contributed by atoms with van der Waals surface area (Å²) < 4.78 is 2.37. The van der Waals surface area contributed by atoms with Crippen molar-refractivity contribution in [2.75, 3.05) is 0 Å². The van der Waals surface area contributed by atoms with E-state index in [0.717, 1.165) is 5.65 Å². The van der Waals surface area contributed by atoms with E-state index in [9.17, 15) is 0 Å². The van der Waals surface area contributed by atoms with Gasteiger partial charge in [-0.05, 0) is 15.9 Å². The molecule has 2 aromatic rings. The number of rotatable bonds is 0. The van der Waals surface area contributed by atoms with Gasteiger partial charge in [-0.1, -0.05) is 0 Å². The largest absolute Gasteiger partial charge is 0.244 e. The van der Waals surface area contributed by atoms with Gasteiger partial charge in [-0.25, -0.2) is 14.5 Å². The maximum atomic E-state index is 3.97. The Morgan fingerprint density at radius 1 is 1.40 bits per heavy atom. The summed E-state index contributed by atoms with van der Waals surface area (Å²) in [7, 11) is 0. The topological polar surface area (TPSA) is 43.1 Å². The number of hydrogen-bond acceptors (Lipinski definition) is 3. The zero-order valence-corrected chi connectivity index (χ0v) is 6.48. The molecule has 2 rings (SSSR count). The average molecular weight is 199 g/mol. The highest BCUT2D eigenvalue weighted by Crippen LogP contribution is 2.09. The molecule has 0 atom stereocenters. The van der Waals surface area contributed by atoms with Crippen molar-refractivity contribution in [3.63, 3.8) is 0 Å². The maximum Gasteiger partial charge on any atom is 0.188 e. The molecule has 0 spiro atoms. The van der Waals surface area contributed by atoms with E-state index in [0.29, 0.717) is 4.60 Å². The van der Waals surface area contributed by atoms with Crippen LogP contribution >= 0.6 is 15.9 Å². The number of nitrogens with zero attached hydrogens (tertiary/aromatic N) is 4. The van der Waals surface area contributed by atoms with Crippen molar-refractivity contribution in [2.45, 2.75) is 0 Å². The van der Waals surface area contributed by atoms with Crippen LogP contribution in [0.3, 0.4) is 0 Å². The molecule has 0 amide bonds. The summed E-state index contributed by atoms with van der Waals surface area (Å²) in [6.07, 6.45) is 4.89. The standard InChI is InChI=1S/C5H3BrN4/c6-4-5-8-3-9-10(5)2-1-7-4/h1-3H. The summed E-state index contributed by atoms with van der Waals surface area (Å²) in [4.78, 5) is 7.93. The van der Waals surface area contributed by atoms with Gasteiger partial charge in [0.1, 0.15) is 6.33 Å². The average Bonchev–Trinajstić information content (AvgIpc) is 2.36. The molecule has 5 heteroatoms. The van der Waals surface area contributed by atoms with Crippen molar-refractivity contribution in [3.05, 3.63) is 23.3 Å². The van der Waals surface area contributed by atoms with Gasteiger partial charge in [-0.2, -0.15) is 5.10 Å². The zero-order valence-electron chi connectivity index (χ0n) is 4.90. The van der Waals surface area contributed by atoms with E-state index in [2.05, 4.69) is 31.0 Å². The first-order chi connectivity index (χ1) is 4.88. The Kier molecular flexibility index (Phi) is 1.17. The first kappa shape index (κ1) is 5.79. The number of aromatic nitrogens is 4. The van der Waals surface area contributed by atoms with Gasteiger partial charge in [-0.15, -0.1) is 0 Å². The van der Waals surface area contributed by atoms with E-state index in [1.165, 1.54) is 6.33 Å². The van der Waals surface area contributed by atoms with Gasteiger partial charge < -0.3 is 0 Å². The fourth-order valence-electron chi connectivity index (χ4n) is 0.727. The molecule has 2 aromatic heterocycles. The molecule has 0 unspecified atom stereocenters. The molecule has 0 aliphatic rings. The Morgan fingerprint density at radius 3 is 3.10 bits per heavy atom. The van der Waals surface area contributed by atoms with Crippen LogP contribution in [0.1, 0.15) is 0 Å². The normalized spacial score (nSPS) is 10.5. The van der Waals surface area contributed by atoms with Crippen molar-refractivity contribution < 1.29 is 0 Å². The molecule has 0 aliphatic carbocycles. The lowest BCUT2D eigenvalue weighted by Crippen LogP contribution is -1.88. The summed E-state index contributed by atoms with van der Waals surface area (Å²) in [6, 6.07) is 0. The van der Waals surface area contributed by atoms with Crippen LogP contribution in [-0.2, 0) is 0 Å².